The first-order valence-electron chi connectivity index (χ1n) is 6.19. The van der Waals surface area contributed by atoms with E-state index in [0.29, 0.717) is 38.3 Å². The maximum absolute atomic E-state index is 12.6. The van der Waals surface area contributed by atoms with Crippen LogP contribution in [-0.2, 0) is 17.5 Å². The molecule has 0 bridgehead atoms. The number of hydrogen-bond donors (Lipinski definition) is 1. The fraction of sp³-hybridized carbons (Fsp3) is 0.538. The Balaban J connectivity index is 0.00000200. The van der Waals surface area contributed by atoms with Crippen molar-refractivity contribution in [3.63, 3.8) is 0 Å². The molecule has 1 aliphatic heterocycles. The standard InChI is InChI=1S/C13H17F3N2O.ClH/c14-13(15,16)11-3-1-2-10(6-11)8-18-4-5-19-12(7-17)9-18;/h1-3,6,12H,4-5,7-9,17H2;1H. The zero-order valence-corrected chi connectivity index (χ0v) is 11.7. The Hall–Kier alpha value is -0.820. The van der Waals surface area contributed by atoms with E-state index in [4.69, 9.17) is 10.5 Å². The molecule has 1 aromatic carbocycles. The van der Waals surface area contributed by atoms with Gasteiger partial charge in [0.25, 0.3) is 0 Å². The van der Waals surface area contributed by atoms with Crippen molar-refractivity contribution < 1.29 is 17.9 Å². The lowest BCUT2D eigenvalue weighted by Gasteiger charge is -2.32. The molecule has 1 aromatic rings. The van der Waals surface area contributed by atoms with Crippen LogP contribution >= 0.6 is 12.4 Å². The summed E-state index contributed by atoms with van der Waals surface area (Å²) in [6.45, 7) is 2.86. The van der Waals surface area contributed by atoms with Gasteiger partial charge in [0.2, 0.25) is 0 Å². The number of alkyl halides is 3. The van der Waals surface area contributed by atoms with Crippen molar-refractivity contribution in [3.05, 3.63) is 35.4 Å². The number of nitrogens with two attached hydrogens (primary N) is 1. The van der Waals surface area contributed by atoms with Crippen molar-refractivity contribution in [1.29, 1.82) is 0 Å². The Kier molecular flexibility index (Phi) is 6.26. The molecule has 2 rings (SSSR count). The zero-order valence-electron chi connectivity index (χ0n) is 10.9. The van der Waals surface area contributed by atoms with Gasteiger partial charge < -0.3 is 10.5 Å². The molecule has 1 saturated heterocycles. The lowest BCUT2D eigenvalue weighted by molar-refractivity contribution is -0.137. The number of morpholine rings is 1. The summed E-state index contributed by atoms with van der Waals surface area (Å²) < 4.78 is 43.3. The Morgan fingerprint density at radius 3 is 2.75 bits per heavy atom. The van der Waals surface area contributed by atoms with Crippen LogP contribution in [0, 0.1) is 0 Å². The first-order chi connectivity index (χ1) is 8.99. The average Bonchev–Trinajstić information content (AvgIpc) is 2.38. The lowest BCUT2D eigenvalue weighted by Crippen LogP contribution is -2.45. The lowest BCUT2D eigenvalue weighted by atomic mass is 10.1. The average molecular weight is 311 g/mol. The summed E-state index contributed by atoms with van der Waals surface area (Å²) >= 11 is 0. The predicted molar refractivity (Wildman–Crippen MR) is 72.8 cm³/mol. The third-order valence-corrected chi connectivity index (χ3v) is 3.15. The molecule has 1 atom stereocenters. The monoisotopic (exact) mass is 310 g/mol. The van der Waals surface area contributed by atoms with Crippen molar-refractivity contribution in [1.82, 2.24) is 4.90 Å². The first kappa shape index (κ1) is 17.2. The smallest absolute Gasteiger partial charge is 0.374 e. The van der Waals surface area contributed by atoms with Gasteiger partial charge in [-0.2, -0.15) is 13.2 Å². The van der Waals surface area contributed by atoms with E-state index in [1.165, 1.54) is 12.1 Å². The van der Waals surface area contributed by atoms with Crippen molar-refractivity contribution >= 4 is 12.4 Å². The van der Waals surface area contributed by atoms with Gasteiger partial charge in [0.05, 0.1) is 18.3 Å². The molecular weight excluding hydrogens is 293 g/mol. The number of hydrogen-bond acceptors (Lipinski definition) is 3. The molecule has 114 valence electrons. The van der Waals surface area contributed by atoms with E-state index < -0.39 is 11.7 Å². The van der Waals surface area contributed by atoms with Gasteiger partial charge in [-0.05, 0) is 11.6 Å². The number of ether oxygens (including phenoxy) is 1. The molecule has 0 aromatic heterocycles. The topological polar surface area (TPSA) is 38.5 Å². The molecule has 0 aliphatic carbocycles. The van der Waals surface area contributed by atoms with Crippen molar-refractivity contribution in [2.45, 2.75) is 18.8 Å². The maximum Gasteiger partial charge on any atom is 0.416 e. The summed E-state index contributed by atoms with van der Waals surface area (Å²) in [6, 6.07) is 5.44. The van der Waals surface area contributed by atoms with Gasteiger partial charge in [-0.15, -0.1) is 12.4 Å². The molecule has 7 heteroatoms. The highest BCUT2D eigenvalue weighted by molar-refractivity contribution is 5.85. The van der Waals surface area contributed by atoms with Gasteiger partial charge >= 0.3 is 6.18 Å². The Bertz CT molecular complexity index is 428. The molecule has 3 nitrogen and oxygen atoms in total. The third kappa shape index (κ3) is 4.63. The van der Waals surface area contributed by atoms with Crippen molar-refractivity contribution in [2.24, 2.45) is 5.73 Å². The van der Waals surface area contributed by atoms with E-state index in [2.05, 4.69) is 4.90 Å². The van der Waals surface area contributed by atoms with Crippen LogP contribution in [0.15, 0.2) is 24.3 Å². The van der Waals surface area contributed by atoms with E-state index in [9.17, 15) is 13.2 Å². The summed E-state index contributed by atoms with van der Waals surface area (Å²) in [5.74, 6) is 0. The summed E-state index contributed by atoms with van der Waals surface area (Å²) in [5.41, 5.74) is 5.60. The van der Waals surface area contributed by atoms with Crippen LogP contribution in [0.25, 0.3) is 0 Å². The van der Waals surface area contributed by atoms with E-state index >= 15 is 0 Å². The van der Waals surface area contributed by atoms with Gasteiger partial charge in [0.1, 0.15) is 0 Å². The van der Waals surface area contributed by atoms with E-state index in [0.717, 1.165) is 6.07 Å². The van der Waals surface area contributed by atoms with Crippen LogP contribution in [0.1, 0.15) is 11.1 Å². The van der Waals surface area contributed by atoms with Crippen LogP contribution in [0.4, 0.5) is 13.2 Å². The second kappa shape index (κ2) is 7.26. The maximum atomic E-state index is 12.6. The quantitative estimate of drug-likeness (QED) is 0.931. The normalized spacial score (nSPS) is 20.5. The molecule has 20 heavy (non-hydrogen) atoms. The molecule has 1 fully saturated rings. The van der Waals surface area contributed by atoms with E-state index in [1.54, 1.807) is 6.07 Å². The van der Waals surface area contributed by atoms with Crippen LogP contribution in [0.5, 0.6) is 0 Å². The minimum atomic E-state index is -4.29. The Labute approximate surface area is 122 Å². The first-order valence-corrected chi connectivity index (χ1v) is 6.19. The van der Waals surface area contributed by atoms with E-state index in [1.807, 2.05) is 0 Å². The van der Waals surface area contributed by atoms with E-state index in [-0.39, 0.29) is 18.5 Å². The highest BCUT2D eigenvalue weighted by atomic mass is 35.5. The molecular formula is C13H18ClF3N2O. The molecule has 2 N–H and O–H groups in total. The van der Waals surface area contributed by atoms with Crippen LogP contribution in [0.2, 0.25) is 0 Å². The third-order valence-electron chi connectivity index (χ3n) is 3.15. The largest absolute Gasteiger partial charge is 0.416 e. The highest BCUT2D eigenvalue weighted by Gasteiger charge is 2.30. The second-order valence-corrected chi connectivity index (χ2v) is 4.66. The number of nitrogens with zero attached hydrogens (tertiary/aromatic N) is 1. The van der Waals surface area contributed by atoms with Crippen LogP contribution < -0.4 is 5.73 Å². The van der Waals surface area contributed by atoms with Gasteiger partial charge in [-0.25, -0.2) is 0 Å². The molecule has 0 radical (unpaired) electrons. The predicted octanol–water partition coefficient (Wildman–Crippen LogP) is 2.29. The summed E-state index contributed by atoms with van der Waals surface area (Å²) in [4.78, 5) is 2.07. The van der Waals surface area contributed by atoms with Gasteiger partial charge in [0.15, 0.2) is 0 Å². The molecule has 1 unspecified atom stereocenters. The van der Waals surface area contributed by atoms with Gasteiger partial charge in [0, 0.05) is 26.2 Å². The summed E-state index contributed by atoms with van der Waals surface area (Å²) in [6.07, 6.45) is -4.32. The molecule has 1 heterocycles. The summed E-state index contributed by atoms with van der Waals surface area (Å²) in [5, 5.41) is 0. The number of benzene rings is 1. The van der Waals surface area contributed by atoms with Crippen LogP contribution in [-0.4, -0.2) is 37.2 Å². The fourth-order valence-corrected chi connectivity index (χ4v) is 2.17. The number of halogens is 4. The minimum absolute atomic E-state index is 0. The van der Waals surface area contributed by atoms with Crippen molar-refractivity contribution in [3.8, 4) is 0 Å². The molecule has 1 aliphatic rings. The molecule has 0 spiro atoms. The Morgan fingerprint density at radius 2 is 2.10 bits per heavy atom. The fourth-order valence-electron chi connectivity index (χ4n) is 2.17. The van der Waals surface area contributed by atoms with Gasteiger partial charge in [-0.1, -0.05) is 18.2 Å². The number of rotatable bonds is 3. The summed E-state index contributed by atoms with van der Waals surface area (Å²) in [7, 11) is 0. The minimum Gasteiger partial charge on any atom is -0.374 e. The second-order valence-electron chi connectivity index (χ2n) is 4.66. The highest BCUT2D eigenvalue weighted by Crippen LogP contribution is 2.29. The zero-order chi connectivity index (χ0) is 13.9. The SMILES string of the molecule is Cl.NCC1CN(Cc2cccc(C(F)(F)F)c2)CCO1. The Morgan fingerprint density at radius 1 is 1.35 bits per heavy atom. The van der Waals surface area contributed by atoms with Crippen molar-refractivity contribution in [2.75, 3.05) is 26.2 Å². The molecule has 0 saturated carbocycles. The van der Waals surface area contributed by atoms with Crippen LogP contribution in [0.3, 0.4) is 0 Å². The van der Waals surface area contributed by atoms with Gasteiger partial charge in [-0.3, -0.25) is 4.90 Å². The molecule has 0 amide bonds.